The topological polar surface area (TPSA) is 70.5 Å². The molecule has 4 rings (SSSR count). The molecule has 0 atom stereocenters. The van der Waals surface area contributed by atoms with Gasteiger partial charge in [-0.2, -0.15) is 0 Å². The minimum absolute atomic E-state index is 0.0477. The number of amides is 1. The second-order valence-corrected chi connectivity index (χ2v) is 7.18. The number of benzene rings is 1. The Morgan fingerprint density at radius 3 is 2.77 bits per heavy atom. The lowest BCUT2D eigenvalue weighted by atomic mass is 9.89. The third-order valence-corrected chi connectivity index (χ3v) is 5.55. The number of carbonyl (C=O) groups is 1. The van der Waals surface area contributed by atoms with Crippen LogP contribution in [0.1, 0.15) is 61.1 Å². The van der Waals surface area contributed by atoms with Crippen molar-refractivity contribution in [2.24, 2.45) is 0 Å². The number of H-pyrrole nitrogens is 1. The number of nitrogens with zero attached hydrogens (tertiary/aromatic N) is 3. The van der Waals surface area contributed by atoms with Crippen molar-refractivity contribution in [1.29, 1.82) is 0 Å². The Morgan fingerprint density at radius 2 is 2.04 bits per heavy atom. The zero-order valence-electron chi connectivity index (χ0n) is 15.3. The Morgan fingerprint density at radius 1 is 1.27 bits per heavy atom. The third kappa shape index (κ3) is 2.69. The summed E-state index contributed by atoms with van der Waals surface area (Å²) in [4.78, 5) is 34.2. The predicted molar refractivity (Wildman–Crippen MR) is 102 cm³/mol. The molecule has 1 N–H and O–H groups in total. The van der Waals surface area contributed by atoms with Gasteiger partial charge in [0.15, 0.2) is 0 Å². The van der Waals surface area contributed by atoms with E-state index in [9.17, 15) is 9.59 Å². The molecular weight excluding hydrogens is 328 g/mol. The van der Waals surface area contributed by atoms with E-state index in [2.05, 4.69) is 9.97 Å². The predicted octanol–water partition coefficient (Wildman–Crippen LogP) is 3.32. The lowest BCUT2D eigenvalue weighted by molar-refractivity contribution is 0.0802. The molecule has 2 heterocycles. The summed E-state index contributed by atoms with van der Waals surface area (Å²) in [6, 6.07) is 5.53. The van der Waals surface area contributed by atoms with E-state index in [1.807, 2.05) is 23.5 Å². The van der Waals surface area contributed by atoms with Gasteiger partial charge >= 0.3 is 0 Å². The van der Waals surface area contributed by atoms with E-state index in [1.54, 1.807) is 24.2 Å². The molecule has 0 saturated heterocycles. The fraction of sp³-hybridized carbons (Fsp3) is 0.450. The zero-order chi connectivity index (χ0) is 18.3. The van der Waals surface area contributed by atoms with Crippen LogP contribution in [0.15, 0.2) is 29.2 Å². The van der Waals surface area contributed by atoms with Gasteiger partial charge in [-0.3, -0.25) is 14.0 Å². The summed E-state index contributed by atoms with van der Waals surface area (Å²) in [7, 11) is 1.77. The monoisotopic (exact) mass is 352 g/mol. The molecule has 26 heavy (non-hydrogen) atoms. The van der Waals surface area contributed by atoms with Gasteiger partial charge in [0.1, 0.15) is 11.3 Å². The summed E-state index contributed by atoms with van der Waals surface area (Å²) >= 11 is 0. The van der Waals surface area contributed by atoms with Gasteiger partial charge in [0.05, 0.1) is 17.2 Å². The molecule has 0 unspecified atom stereocenters. The van der Waals surface area contributed by atoms with Crippen LogP contribution >= 0.6 is 0 Å². The van der Waals surface area contributed by atoms with E-state index in [-0.39, 0.29) is 11.5 Å². The molecule has 6 heteroatoms. The molecule has 3 aromatic rings. The normalized spacial score (nSPS) is 15.6. The molecule has 1 aliphatic rings. The number of imidazole rings is 1. The van der Waals surface area contributed by atoms with Crippen molar-refractivity contribution in [2.75, 3.05) is 13.6 Å². The molecule has 0 spiro atoms. The standard InChI is InChI=1S/C20H24N4O2/c1-3-23(2)20(26)14-9-10-16-15(11-14)22-19(25)17-12-21-18(24(16)17)13-7-5-4-6-8-13/h9-13H,3-8H2,1-2H3,(H,22,25). The smallest absolute Gasteiger partial charge is 0.274 e. The maximum Gasteiger partial charge on any atom is 0.274 e. The van der Waals surface area contributed by atoms with E-state index in [4.69, 9.17) is 0 Å². The number of aromatic amines is 1. The summed E-state index contributed by atoms with van der Waals surface area (Å²) in [6.07, 6.45) is 7.60. The maximum absolute atomic E-state index is 12.5. The molecule has 1 amide bonds. The molecule has 136 valence electrons. The quantitative estimate of drug-likeness (QED) is 0.786. The number of rotatable bonds is 3. The highest BCUT2D eigenvalue weighted by molar-refractivity contribution is 5.97. The number of carbonyl (C=O) groups excluding carboxylic acids is 1. The molecule has 0 aliphatic heterocycles. The van der Waals surface area contributed by atoms with Crippen molar-refractivity contribution in [3.63, 3.8) is 0 Å². The van der Waals surface area contributed by atoms with Crippen LogP contribution in [0, 0.1) is 0 Å². The van der Waals surface area contributed by atoms with E-state index >= 15 is 0 Å². The number of aromatic nitrogens is 3. The molecular formula is C20H24N4O2. The first-order valence-corrected chi connectivity index (χ1v) is 9.39. The minimum Gasteiger partial charge on any atom is -0.342 e. The Balaban J connectivity index is 1.90. The van der Waals surface area contributed by atoms with E-state index < -0.39 is 0 Å². The highest BCUT2D eigenvalue weighted by Gasteiger charge is 2.22. The summed E-state index contributed by atoms with van der Waals surface area (Å²) in [5.41, 5.74) is 2.56. The lowest BCUT2D eigenvalue weighted by Gasteiger charge is -2.21. The second-order valence-electron chi connectivity index (χ2n) is 7.18. The second kappa shape index (κ2) is 6.59. The van der Waals surface area contributed by atoms with Crippen molar-refractivity contribution in [1.82, 2.24) is 19.3 Å². The van der Waals surface area contributed by atoms with Crippen molar-refractivity contribution < 1.29 is 4.79 Å². The Labute approximate surface area is 151 Å². The van der Waals surface area contributed by atoms with Crippen molar-refractivity contribution in [3.05, 3.63) is 46.1 Å². The summed E-state index contributed by atoms with van der Waals surface area (Å²) in [6.45, 7) is 2.58. The van der Waals surface area contributed by atoms with Crippen LogP contribution in [0.2, 0.25) is 0 Å². The van der Waals surface area contributed by atoms with Gasteiger partial charge in [-0.15, -0.1) is 0 Å². The van der Waals surface area contributed by atoms with Crippen LogP contribution in [-0.2, 0) is 0 Å². The Bertz CT molecular complexity index is 1030. The highest BCUT2D eigenvalue weighted by atomic mass is 16.2. The third-order valence-electron chi connectivity index (χ3n) is 5.55. The summed E-state index contributed by atoms with van der Waals surface area (Å²) in [5.74, 6) is 1.32. The van der Waals surface area contributed by atoms with Crippen LogP contribution in [0.25, 0.3) is 16.6 Å². The van der Waals surface area contributed by atoms with E-state index in [0.29, 0.717) is 29.1 Å². The summed E-state index contributed by atoms with van der Waals surface area (Å²) < 4.78 is 1.99. The number of nitrogens with one attached hydrogen (secondary N) is 1. The van der Waals surface area contributed by atoms with Gasteiger partial charge in [-0.05, 0) is 38.0 Å². The maximum atomic E-state index is 12.5. The number of fused-ring (bicyclic) bond motifs is 3. The zero-order valence-corrected chi connectivity index (χ0v) is 15.3. The van der Waals surface area contributed by atoms with Crippen LogP contribution in [0.5, 0.6) is 0 Å². The molecule has 1 fully saturated rings. The minimum atomic E-state index is -0.166. The van der Waals surface area contributed by atoms with Crippen LogP contribution in [0.3, 0.4) is 0 Å². The molecule has 1 aromatic carbocycles. The molecule has 0 radical (unpaired) electrons. The number of hydrogen-bond acceptors (Lipinski definition) is 3. The van der Waals surface area contributed by atoms with Gasteiger partial charge in [-0.1, -0.05) is 19.3 Å². The first-order chi connectivity index (χ1) is 12.6. The average molecular weight is 352 g/mol. The van der Waals surface area contributed by atoms with Gasteiger partial charge in [0.2, 0.25) is 0 Å². The van der Waals surface area contributed by atoms with Crippen molar-refractivity contribution >= 4 is 22.5 Å². The Hall–Kier alpha value is -2.63. The van der Waals surface area contributed by atoms with E-state index in [0.717, 1.165) is 24.2 Å². The fourth-order valence-corrected chi connectivity index (χ4v) is 3.94. The molecule has 1 saturated carbocycles. The average Bonchev–Trinajstić information content (AvgIpc) is 3.13. The summed E-state index contributed by atoms with van der Waals surface area (Å²) in [5, 5.41) is 0. The molecule has 0 bridgehead atoms. The lowest BCUT2D eigenvalue weighted by Crippen LogP contribution is -2.26. The van der Waals surface area contributed by atoms with Crippen molar-refractivity contribution in [2.45, 2.75) is 44.9 Å². The van der Waals surface area contributed by atoms with Crippen LogP contribution < -0.4 is 5.56 Å². The molecule has 2 aromatic heterocycles. The number of hydrogen-bond donors (Lipinski definition) is 1. The first-order valence-electron chi connectivity index (χ1n) is 9.39. The van der Waals surface area contributed by atoms with Gasteiger partial charge in [0, 0.05) is 25.1 Å². The van der Waals surface area contributed by atoms with Crippen molar-refractivity contribution in [3.8, 4) is 0 Å². The Kier molecular flexibility index (Phi) is 4.26. The van der Waals surface area contributed by atoms with E-state index in [1.165, 1.54) is 19.3 Å². The first kappa shape index (κ1) is 16.8. The molecule has 1 aliphatic carbocycles. The van der Waals surface area contributed by atoms with Gasteiger partial charge in [0.25, 0.3) is 11.5 Å². The van der Waals surface area contributed by atoms with Gasteiger partial charge < -0.3 is 9.88 Å². The highest BCUT2D eigenvalue weighted by Crippen LogP contribution is 2.32. The van der Waals surface area contributed by atoms with Crippen LogP contribution in [-0.4, -0.2) is 38.8 Å². The van der Waals surface area contributed by atoms with Crippen LogP contribution in [0.4, 0.5) is 0 Å². The molecule has 6 nitrogen and oxygen atoms in total. The SMILES string of the molecule is CCN(C)C(=O)c1ccc2c(c1)[nH]c(=O)c1cnc(C3CCCCC3)n12. The largest absolute Gasteiger partial charge is 0.342 e. The van der Waals surface area contributed by atoms with Gasteiger partial charge in [-0.25, -0.2) is 4.98 Å². The fourth-order valence-electron chi connectivity index (χ4n) is 3.94.